The Morgan fingerprint density at radius 3 is 2.54 bits per heavy atom. The first-order valence-electron chi connectivity index (χ1n) is 8.77. The number of hydrogen-bond donors (Lipinski definition) is 2. The second kappa shape index (κ2) is 8.71. The van der Waals surface area contributed by atoms with Crippen LogP contribution in [0.25, 0.3) is 0 Å². The van der Waals surface area contributed by atoms with Crippen molar-refractivity contribution in [2.24, 2.45) is 5.92 Å². The molecule has 1 heterocycles. The molecule has 1 unspecified atom stereocenters. The maximum absolute atomic E-state index is 12.7. The van der Waals surface area contributed by atoms with E-state index in [9.17, 15) is 9.59 Å². The third kappa shape index (κ3) is 4.69. The van der Waals surface area contributed by atoms with Gasteiger partial charge in [-0.25, -0.2) is 0 Å². The number of carbonyl (C=O) groups excluding carboxylic acids is 2. The number of ether oxygens (including phenoxy) is 2. The monoisotopic (exact) mass is 422 g/mol. The predicted octanol–water partition coefficient (Wildman–Crippen LogP) is 3.79. The van der Waals surface area contributed by atoms with Crippen LogP contribution in [0.3, 0.4) is 0 Å². The van der Waals surface area contributed by atoms with Crippen molar-refractivity contribution < 1.29 is 19.1 Å². The smallest absolute Gasteiger partial charge is 0.253 e. The van der Waals surface area contributed by atoms with Gasteiger partial charge >= 0.3 is 0 Å². The molecule has 6 nitrogen and oxygen atoms in total. The van der Waals surface area contributed by atoms with Crippen molar-refractivity contribution in [1.29, 1.82) is 0 Å². The number of halogens is 2. The van der Waals surface area contributed by atoms with Crippen LogP contribution in [0.4, 0.5) is 0 Å². The number of carbonyl (C=O) groups is 2. The zero-order chi connectivity index (χ0) is 20.3. The molecule has 0 saturated carbocycles. The summed E-state index contributed by atoms with van der Waals surface area (Å²) < 4.78 is 10.6. The molecule has 1 aliphatic rings. The lowest BCUT2D eigenvalue weighted by atomic mass is 10.0. The maximum atomic E-state index is 12.7. The minimum absolute atomic E-state index is 0.119. The Morgan fingerprint density at radius 1 is 1.07 bits per heavy atom. The van der Waals surface area contributed by atoms with E-state index in [1.54, 1.807) is 12.1 Å². The highest BCUT2D eigenvalue weighted by atomic mass is 35.5. The second-order valence-electron chi connectivity index (χ2n) is 6.72. The minimum Gasteiger partial charge on any atom is -0.454 e. The molecule has 1 aliphatic heterocycles. The zero-order valence-electron chi connectivity index (χ0n) is 15.4. The van der Waals surface area contributed by atoms with E-state index in [1.807, 2.05) is 26.0 Å². The summed E-state index contributed by atoms with van der Waals surface area (Å²) in [5.74, 6) is 0.497. The molecule has 148 valence electrons. The molecule has 0 bridgehead atoms. The van der Waals surface area contributed by atoms with Gasteiger partial charge in [-0.05, 0) is 41.8 Å². The summed E-state index contributed by atoms with van der Waals surface area (Å²) in [7, 11) is 0. The first-order chi connectivity index (χ1) is 13.3. The molecule has 0 aromatic heterocycles. The van der Waals surface area contributed by atoms with Gasteiger partial charge in [-0.1, -0.05) is 43.1 Å². The third-order valence-electron chi connectivity index (χ3n) is 4.32. The Kier molecular flexibility index (Phi) is 6.31. The first-order valence-corrected chi connectivity index (χ1v) is 9.53. The average molecular weight is 423 g/mol. The Hall–Kier alpha value is -2.44. The molecule has 0 aliphatic carbocycles. The summed E-state index contributed by atoms with van der Waals surface area (Å²) in [4.78, 5) is 25.2. The third-order valence-corrected chi connectivity index (χ3v) is 4.86. The Labute approximate surface area is 173 Å². The molecule has 28 heavy (non-hydrogen) atoms. The van der Waals surface area contributed by atoms with Gasteiger partial charge in [-0.15, -0.1) is 0 Å². The van der Waals surface area contributed by atoms with E-state index < -0.39 is 11.9 Å². The summed E-state index contributed by atoms with van der Waals surface area (Å²) in [6, 6.07) is 9.35. The standard InChI is InChI=1S/C20H20Cl2N2O4/c1-11(2)18(24-19(25)14-5-4-13(21)8-15(14)22)20(26)23-9-12-3-6-16-17(7-12)28-10-27-16/h3-8,11,18H,9-10H2,1-2H3,(H,23,26)(H,24,25). The zero-order valence-corrected chi connectivity index (χ0v) is 16.9. The van der Waals surface area contributed by atoms with Gasteiger partial charge in [0.25, 0.3) is 5.91 Å². The van der Waals surface area contributed by atoms with Crippen LogP contribution in [0.1, 0.15) is 29.8 Å². The van der Waals surface area contributed by atoms with Crippen molar-refractivity contribution >= 4 is 35.0 Å². The van der Waals surface area contributed by atoms with Crippen LogP contribution in [0, 0.1) is 5.92 Å². The molecular weight excluding hydrogens is 403 g/mol. The largest absolute Gasteiger partial charge is 0.454 e. The molecule has 1 atom stereocenters. The summed E-state index contributed by atoms with van der Waals surface area (Å²) >= 11 is 12.0. The lowest BCUT2D eigenvalue weighted by Crippen LogP contribution is -2.49. The van der Waals surface area contributed by atoms with Gasteiger partial charge in [0.15, 0.2) is 11.5 Å². The van der Waals surface area contributed by atoms with Crippen LogP contribution in [0.15, 0.2) is 36.4 Å². The normalized spacial score (nSPS) is 13.3. The van der Waals surface area contributed by atoms with E-state index in [1.165, 1.54) is 12.1 Å². The van der Waals surface area contributed by atoms with Gasteiger partial charge < -0.3 is 20.1 Å². The number of nitrogens with one attached hydrogen (secondary N) is 2. The summed E-state index contributed by atoms with van der Waals surface area (Å²) in [6.45, 7) is 4.21. The Bertz CT molecular complexity index is 902. The number of fused-ring (bicyclic) bond motifs is 1. The highest BCUT2D eigenvalue weighted by Gasteiger charge is 2.25. The summed E-state index contributed by atoms with van der Waals surface area (Å²) in [5.41, 5.74) is 1.13. The fraction of sp³-hybridized carbons (Fsp3) is 0.300. The van der Waals surface area contributed by atoms with Gasteiger partial charge in [-0.3, -0.25) is 9.59 Å². The molecule has 0 saturated heterocycles. The van der Waals surface area contributed by atoms with E-state index in [4.69, 9.17) is 32.7 Å². The number of benzene rings is 2. The molecule has 3 rings (SSSR count). The SMILES string of the molecule is CC(C)C(NC(=O)c1ccc(Cl)cc1Cl)C(=O)NCc1ccc2c(c1)OCO2. The maximum Gasteiger partial charge on any atom is 0.253 e. The minimum atomic E-state index is -0.715. The number of amides is 2. The van der Waals surface area contributed by atoms with Crippen LogP contribution in [0.2, 0.25) is 10.0 Å². The van der Waals surface area contributed by atoms with Gasteiger partial charge in [0, 0.05) is 11.6 Å². The summed E-state index contributed by atoms with van der Waals surface area (Å²) in [6.07, 6.45) is 0. The average Bonchev–Trinajstić information content (AvgIpc) is 3.11. The van der Waals surface area contributed by atoms with Gasteiger partial charge in [0.1, 0.15) is 6.04 Å². The van der Waals surface area contributed by atoms with Crippen molar-refractivity contribution in [3.8, 4) is 11.5 Å². The molecule has 0 radical (unpaired) electrons. The van der Waals surface area contributed by atoms with Crippen molar-refractivity contribution in [2.45, 2.75) is 26.4 Å². The van der Waals surface area contributed by atoms with Crippen LogP contribution in [-0.2, 0) is 11.3 Å². The van der Waals surface area contributed by atoms with Crippen LogP contribution < -0.4 is 20.1 Å². The van der Waals surface area contributed by atoms with Crippen molar-refractivity contribution in [3.05, 3.63) is 57.6 Å². The highest BCUT2D eigenvalue weighted by Crippen LogP contribution is 2.32. The predicted molar refractivity (Wildman–Crippen MR) is 107 cm³/mol. The molecule has 8 heteroatoms. The lowest BCUT2D eigenvalue weighted by Gasteiger charge is -2.22. The molecule has 0 spiro atoms. The van der Waals surface area contributed by atoms with Crippen LogP contribution in [0.5, 0.6) is 11.5 Å². The topological polar surface area (TPSA) is 76.7 Å². The van der Waals surface area contributed by atoms with Crippen molar-refractivity contribution in [1.82, 2.24) is 10.6 Å². The van der Waals surface area contributed by atoms with Crippen LogP contribution in [-0.4, -0.2) is 24.6 Å². The van der Waals surface area contributed by atoms with Gasteiger partial charge in [-0.2, -0.15) is 0 Å². The van der Waals surface area contributed by atoms with E-state index >= 15 is 0 Å². The molecule has 0 fully saturated rings. The molecule has 2 N–H and O–H groups in total. The quantitative estimate of drug-likeness (QED) is 0.741. The molecular formula is C20H20Cl2N2O4. The summed E-state index contributed by atoms with van der Waals surface area (Å²) in [5, 5.41) is 6.26. The van der Waals surface area contributed by atoms with Gasteiger partial charge in [0.2, 0.25) is 12.7 Å². The van der Waals surface area contributed by atoms with E-state index in [0.717, 1.165) is 5.56 Å². The molecule has 2 aromatic carbocycles. The van der Waals surface area contributed by atoms with Crippen LogP contribution >= 0.6 is 23.2 Å². The van der Waals surface area contributed by atoms with E-state index in [2.05, 4.69) is 10.6 Å². The molecule has 2 amide bonds. The fourth-order valence-corrected chi connectivity index (χ4v) is 3.27. The van der Waals surface area contributed by atoms with E-state index in [-0.39, 0.29) is 29.2 Å². The first kappa shape index (κ1) is 20.3. The lowest BCUT2D eigenvalue weighted by molar-refractivity contribution is -0.124. The Morgan fingerprint density at radius 2 is 1.82 bits per heavy atom. The Balaban J connectivity index is 1.64. The molecule has 2 aromatic rings. The van der Waals surface area contributed by atoms with Gasteiger partial charge in [0.05, 0.1) is 10.6 Å². The highest BCUT2D eigenvalue weighted by molar-refractivity contribution is 6.36. The van der Waals surface area contributed by atoms with Crippen molar-refractivity contribution in [2.75, 3.05) is 6.79 Å². The number of rotatable bonds is 6. The fourth-order valence-electron chi connectivity index (χ4n) is 2.78. The van der Waals surface area contributed by atoms with Crippen molar-refractivity contribution in [3.63, 3.8) is 0 Å². The van der Waals surface area contributed by atoms with E-state index in [0.29, 0.717) is 23.1 Å². The number of hydrogen-bond acceptors (Lipinski definition) is 4. The second-order valence-corrected chi connectivity index (χ2v) is 7.57.